The van der Waals surface area contributed by atoms with Crippen LogP contribution < -0.4 is 10.9 Å². The van der Waals surface area contributed by atoms with E-state index in [0.29, 0.717) is 28.8 Å². The van der Waals surface area contributed by atoms with Gasteiger partial charge in [0.1, 0.15) is 23.6 Å². The van der Waals surface area contributed by atoms with Crippen molar-refractivity contribution in [3.8, 4) is 6.07 Å². The standard InChI is InChI=1S/C26H27F3N6O2S/c1-14(17-4-3-5-18(22(17)27)23(28)29)33-24-20-10-19(26(36)35(2)25(20)32-13-31-24)21-12-38(37,34-16-6-7-16)9-8-15(21)11-30/h3-5,10,13-16,21,23H,6-9,12H2,1-2H3,(H,31,32,33)/t14-,15?,21?,38?/m1/s1. The van der Waals surface area contributed by atoms with Crippen molar-refractivity contribution in [1.29, 1.82) is 5.26 Å². The smallest absolute Gasteiger partial charge is 0.266 e. The molecule has 38 heavy (non-hydrogen) atoms. The van der Waals surface area contributed by atoms with Crippen LogP contribution >= 0.6 is 0 Å². The average molecular weight is 545 g/mol. The summed E-state index contributed by atoms with van der Waals surface area (Å²) in [6.07, 6.45) is 0.496. The molecule has 0 bridgehead atoms. The minimum absolute atomic E-state index is 0.0397. The van der Waals surface area contributed by atoms with Crippen molar-refractivity contribution >= 4 is 26.6 Å². The molecule has 8 nitrogen and oxygen atoms in total. The van der Waals surface area contributed by atoms with Gasteiger partial charge in [0, 0.05) is 45.3 Å². The highest BCUT2D eigenvalue weighted by Gasteiger charge is 2.37. The Bertz CT molecular complexity index is 1620. The Morgan fingerprint density at radius 2 is 1.97 bits per heavy atom. The largest absolute Gasteiger partial charge is 0.363 e. The van der Waals surface area contributed by atoms with Crippen LogP contribution in [-0.4, -0.2) is 36.3 Å². The Kier molecular flexibility index (Phi) is 6.90. The molecule has 0 spiro atoms. The topological polar surface area (TPSA) is 113 Å². The van der Waals surface area contributed by atoms with Gasteiger partial charge in [-0.15, -0.1) is 0 Å². The fraction of sp³-hybridized carbons (Fsp3) is 0.462. The Balaban J connectivity index is 1.58. The maximum absolute atomic E-state index is 14.8. The molecule has 4 atom stereocenters. The Morgan fingerprint density at radius 3 is 2.66 bits per heavy atom. The molecule has 1 aromatic carbocycles. The van der Waals surface area contributed by atoms with Crippen molar-refractivity contribution in [2.24, 2.45) is 17.3 Å². The van der Waals surface area contributed by atoms with Gasteiger partial charge in [0.05, 0.1) is 35.0 Å². The van der Waals surface area contributed by atoms with E-state index >= 15 is 0 Å². The summed E-state index contributed by atoms with van der Waals surface area (Å²) in [4.78, 5) is 21.9. The lowest BCUT2D eigenvalue weighted by Crippen LogP contribution is -2.35. The lowest BCUT2D eigenvalue weighted by molar-refractivity contribution is 0.146. The molecule has 3 aromatic rings. The SMILES string of the molecule is C[C@@H](Nc1ncnc2c1cc(C1CS(=O)(=NC3CC3)CCC1C#N)c(=O)n2C)c1cccc(C(F)F)c1F. The van der Waals surface area contributed by atoms with Gasteiger partial charge in [0.25, 0.3) is 12.0 Å². The van der Waals surface area contributed by atoms with Crippen molar-refractivity contribution in [2.75, 3.05) is 16.8 Å². The van der Waals surface area contributed by atoms with Gasteiger partial charge in [-0.05, 0) is 32.3 Å². The third-order valence-corrected chi connectivity index (χ3v) is 9.71. The highest BCUT2D eigenvalue weighted by Crippen LogP contribution is 2.37. The predicted molar refractivity (Wildman–Crippen MR) is 138 cm³/mol. The van der Waals surface area contributed by atoms with Crippen molar-refractivity contribution in [3.05, 3.63) is 63.5 Å². The molecule has 1 saturated carbocycles. The Hall–Kier alpha value is -3.46. The highest BCUT2D eigenvalue weighted by molar-refractivity contribution is 7.93. The van der Waals surface area contributed by atoms with E-state index in [0.717, 1.165) is 18.9 Å². The summed E-state index contributed by atoms with van der Waals surface area (Å²) in [6.45, 7) is 1.62. The van der Waals surface area contributed by atoms with Crippen LogP contribution in [0.1, 0.15) is 61.3 Å². The zero-order valence-electron chi connectivity index (χ0n) is 20.9. The molecular formula is C26H27F3N6O2S. The highest BCUT2D eigenvalue weighted by atomic mass is 32.2. The molecule has 1 aliphatic heterocycles. The number of aryl methyl sites for hydroxylation is 1. The van der Waals surface area contributed by atoms with Crippen LogP contribution in [0, 0.1) is 23.1 Å². The maximum atomic E-state index is 14.8. The minimum atomic E-state index is -2.95. The zero-order chi connectivity index (χ0) is 27.2. The third kappa shape index (κ3) is 4.87. The normalized spacial score (nSPS) is 24.2. The van der Waals surface area contributed by atoms with Crippen molar-refractivity contribution in [3.63, 3.8) is 0 Å². The average Bonchev–Trinajstić information content (AvgIpc) is 3.69. The van der Waals surface area contributed by atoms with Crippen LogP contribution in [0.3, 0.4) is 0 Å². The van der Waals surface area contributed by atoms with E-state index in [2.05, 4.69) is 25.7 Å². The number of rotatable bonds is 6. The van der Waals surface area contributed by atoms with Gasteiger partial charge < -0.3 is 5.32 Å². The number of aromatic nitrogens is 3. The Labute approximate surface area is 218 Å². The molecule has 1 aliphatic carbocycles. The Morgan fingerprint density at radius 1 is 1.24 bits per heavy atom. The van der Waals surface area contributed by atoms with Crippen LogP contribution in [0.15, 0.2) is 39.8 Å². The van der Waals surface area contributed by atoms with E-state index in [1.807, 2.05) is 0 Å². The first kappa shape index (κ1) is 26.2. The van der Waals surface area contributed by atoms with E-state index in [4.69, 9.17) is 0 Å². The zero-order valence-corrected chi connectivity index (χ0v) is 21.7. The minimum Gasteiger partial charge on any atom is -0.363 e. The summed E-state index contributed by atoms with van der Waals surface area (Å²) in [5.74, 6) is -1.35. The quantitative estimate of drug-likeness (QED) is 0.475. The maximum Gasteiger partial charge on any atom is 0.266 e. The second-order valence-corrected chi connectivity index (χ2v) is 12.4. The molecular weight excluding hydrogens is 517 g/mol. The first-order valence-electron chi connectivity index (χ1n) is 12.4. The molecule has 12 heteroatoms. The summed E-state index contributed by atoms with van der Waals surface area (Å²) in [6, 6.07) is 7.06. The molecule has 0 radical (unpaired) electrons. The number of nitrogens with zero attached hydrogens (tertiary/aromatic N) is 5. The van der Waals surface area contributed by atoms with Gasteiger partial charge in [0.2, 0.25) is 0 Å². The molecule has 3 unspecified atom stereocenters. The molecule has 0 amide bonds. The molecule has 5 rings (SSSR count). The summed E-state index contributed by atoms with van der Waals surface area (Å²) in [5, 5.41) is 13.3. The molecule has 2 aromatic heterocycles. The lowest BCUT2D eigenvalue weighted by atomic mass is 9.86. The molecule has 1 N–H and O–H groups in total. The number of nitriles is 1. The van der Waals surface area contributed by atoms with E-state index in [-0.39, 0.29) is 28.7 Å². The summed E-state index contributed by atoms with van der Waals surface area (Å²) in [7, 11) is -1.00. The molecule has 3 heterocycles. The lowest BCUT2D eigenvalue weighted by Gasteiger charge is -2.29. The van der Waals surface area contributed by atoms with Gasteiger partial charge in [-0.25, -0.2) is 31.7 Å². The van der Waals surface area contributed by atoms with Crippen molar-refractivity contribution in [2.45, 2.75) is 50.6 Å². The van der Waals surface area contributed by atoms with E-state index in [1.165, 1.54) is 23.0 Å². The van der Waals surface area contributed by atoms with Crippen molar-refractivity contribution < 1.29 is 17.4 Å². The van der Waals surface area contributed by atoms with E-state index in [9.17, 15) is 27.4 Å². The van der Waals surface area contributed by atoms with Gasteiger partial charge in [0.15, 0.2) is 0 Å². The third-order valence-electron chi connectivity index (χ3n) is 7.27. The fourth-order valence-corrected chi connectivity index (χ4v) is 7.74. The number of hydrogen-bond acceptors (Lipinski definition) is 7. The van der Waals surface area contributed by atoms with E-state index < -0.39 is 45.4 Å². The number of fused-ring (bicyclic) bond motifs is 1. The van der Waals surface area contributed by atoms with Crippen molar-refractivity contribution in [1.82, 2.24) is 14.5 Å². The van der Waals surface area contributed by atoms with Gasteiger partial charge in [-0.3, -0.25) is 9.36 Å². The van der Waals surface area contributed by atoms with Crippen LogP contribution in [0.4, 0.5) is 19.0 Å². The fourth-order valence-electron chi connectivity index (χ4n) is 5.03. The number of hydrogen-bond donors (Lipinski definition) is 1. The first-order valence-corrected chi connectivity index (χ1v) is 14.3. The number of anilines is 1. The van der Waals surface area contributed by atoms with Gasteiger partial charge in [-0.1, -0.05) is 18.2 Å². The van der Waals surface area contributed by atoms with E-state index in [1.54, 1.807) is 20.0 Å². The number of alkyl halides is 2. The second-order valence-electron chi connectivity index (χ2n) is 9.95. The molecule has 1 saturated heterocycles. The van der Waals surface area contributed by atoms with Gasteiger partial charge in [-0.2, -0.15) is 5.26 Å². The molecule has 200 valence electrons. The van der Waals surface area contributed by atoms with Crippen LogP contribution in [0.5, 0.6) is 0 Å². The molecule has 2 fully saturated rings. The summed E-state index contributed by atoms with van der Waals surface area (Å²) in [5.41, 5.74) is -0.378. The van der Waals surface area contributed by atoms with Crippen LogP contribution in [0.25, 0.3) is 11.0 Å². The number of halogens is 3. The second kappa shape index (κ2) is 10.0. The summed E-state index contributed by atoms with van der Waals surface area (Å²) >= 11 is 0. The van der Waals surface area contributed by atoms with Gasteiger partial charge >= 0.3 is 0 Å². The monoisotopic (exact) mass is 544 g/mol. The number of pyridine rings is 1. The summed E-state index contributed by atoms with van der Waals surface area (Å²) < 4.78 is 60.7. The first-order chi connectivity index (χ1) is 18.1. The number of benzene rings is 1. The van der Waals surface area contributed by atoms with Crippen LogP contribution in [0.2, 0.25) is 0 Å². The molecule has 2 aliphatic rings. The number of nitrogens with one attached hydrogen (secondary N) is 1. The van der Waals surface area contributed by atoms with Crippen LogP contribution in [-0.2, 0) is 16.8 Å². The predicted octanol–water partition coefficient (Wildman–Crippen LogP) is 4.84.